The first kappa shape index (κ1) is 18.3. The van der Waals surface area contributed by atoms with E-state index in [1.807, 2.05) is 0 Å². The van der Waals surface area contributed by atoms with Crippen molar-refractivity contribution in [2.45, 2.75) is 25.4 Å². The van der Waals surface area contributed by atoms with E-state index in [2.05, 4.69) is 0 Å². The van der Waals surface area contributed by atoms with E-state index in [0.29, 0.717) is 47.6 Å². The Morgan fingerprint density at radius 2 is 1.96 bits per heavy atom. The zero-order chi connectivity index (χ0) is 16.8. The van der Waals surface area contributed by atoms with Crippen molar-refractivity contribution >= 4 is 29.1 Å². The zero-order valence-electron chi connectivity index (χ0n) is 13.2. The van der Waals surface area contributed by atoms with Gasteiger partial charge < -0.3 is 20.1 Å². The van der Waals surface area contributed by atoms with Crippen LogP contribution >= 0.6 is 23.2 Å². The molecule has 1 saturated heterocycles. The van der Waals surface area contributed by atoms with Gasteiger partial charge in [-0.1, -0.05) is 23.2 Å². The number of nitrogens with zero attached hydrogens (tertiary/aromatic N) is 1. The van der Waals surface area contributed by atoms with Crippen molar-refractivity contribution in [2.75, 3.05) is 33.4 Å². The average Bonchev–Trinajstić information content (AvgIpc) is 2.57. The predicted molar refractivity (Wildman–Crippen MR) is 91.6 cm³/mol. The van der Waals surface area contributed by atoms with Gasteiger partial charge in [-0.3, -0.25) is 4.79 Å². The lowest BCUT2D eigenvalue weighted by Crippen LogP contribution is -2.41. The molecule has 2 rings (SSSR count). The second-order valence-corrected chi connectivity index (χ2v) is 6.29. The van der Waals surface area contributed by atoms with Crippen LogP contribution < -0.4 is 10.5 Å². The summed E-state index contributed by atoms with van der Waals surface area (Å²) in [5, 5.41) is 0.711. The smallest absolute Gasteiger partial charge is 0.257 e. The third-order valence-corrected chi connectivity index (χ3v) is 4.63. The lowest BCUT2D eigenvalue weighted by Gasteiger charge is -2.32. The van der Waals surface area contributed by atoms with Crippen LogP contribution in [-0.2, 0) is 4.74 Å². The van der Waals surface area contributed by atoms with E-state index in [9.17, 15) is 4.79 Å². The molecule has 0 radical (unpaired) electrons. The molecule has 0 aliphatic carbocycles. The summed E-state index contributed by atoms with van der Waals surface area (Å²) in [7, 11) is 1.51. The predicted octanol–water partition coefficient (Wildman–Crippen LogP) is 2.97. The number of benzene rings is 1. The first-order chi connectivity index (χ1) is 11.1. The van der Waals surface area contributed by atoms with Crippen LogP contribution in [0.3, 0.4) is 0 Å². The average molecular weight is 361 g/mol. The molecule has 1 aliphatic rings. The molecule has 5 nitrogen and oxygen atoms in total. The Balaban J connectivity index is 1.99. The minimum atomic E-state index is -0.0965. The summed E-state index contributed by atoms with van der Waals surface area (Å²) >= 11 is 12.0. The number of likely N-dealkylation sites (tertiary alicyclic amines) is 1. The highest BCUT2D eigenvalue weighted by Gasteiger charge is 2.26. The van der Waals surface area contributed by atoms with Gasteiger partial charge in [0.2, 0.25) is 0 Å². The lowest BCUT2D eigenvalue weighted by atomic mass is 10.1. The molecule has 0 spiro atoms. The summed E-state index contributed by atoms with van der Waals surface area (Å²) in [5.41, 5.74) is 5.89. The fraction of sp³-hybridized carbons (Fsp3) is 0.562. The number of rotatable bonds is 6. The van der Waals surface area contributed by atoms with Crippen LogP contribution in [0.1, 0.15) is 29.6 Å². The number of piperidine rings is 1. The van der Waals surface area contributed by atoms with Crippen molar-refractivity contribution in [3.63, 3.8) is 0 Å². The number of hydrogen-bond acceptors (Lipinski definition) is 4. The van der Waals surface area contributed by atoms with Crippen molar-refractivity contribution in [1.29, 1.82) is 0 Å². The normalized spacial score (nSPS) is 15.7. The number of amides is 1. The molecular formula is C16H22Cl2N2O3. The molecule has 0 bridgehead atoms. The van der Waals surface area contributed by atoms with Crippen LogP contribution in [-0.4, -0.2) is 50.3 Å². The maximum Gasteiger partial charge on any atom is 0.257 e. The Hall–Kier alpha value is -1.01. The van der Waals surface area contributed by atoms with Crippen LogP contribution in [0.5, 0.6) is 5.75 Å². The Bertz CT molecular complexity index is 546. The van der Waals surface area contributed by atoms with E-state index >= 15 is 0 Å². The van der Waals surface area contributed by atoms with Crippen molar-refractivity contribution in [1.82, 2.24) is 4.90 Å². The highest BCUT2D eigenvalue weighted by Crippen LogP contribution is 2.31. The number of carbonyl (C=O) groups excluding carboxylic acids is 1. The van der Waals surface area contributed by atoms with Gasteiger partial charge in [-0.25, -0.2) is 0 Å². The molecular weight excluding hydrogens is 339 g/mol. The van der Waals surface area contributed by atoms with Gasteiger partial charge in [0, 0.05) is 25.8 Å². The molecule has 2 N–H and O–H groups in total. The van der Waals surface area contributed by atoms with Gasteiger partial charge in [-0.05, 0) is 31.9 Å². The molecule has 0 unspecified atom stereocenters. The number of halogens is 2. The fourth-order valence-electron chi connectivity index (χ4n) is 2.59. The summed E-state index contributed by atoms with van der Waals surface area (Å²) in [5.74, 6) is 0.339. The number of ether oxygens (including phenoxy) is 2. The Kier molecular flexibility index (Phi) is 6.96. The largest absolute Gasteiger partial charge is 0.496 e. The van der Waals surface area contributed by atoms with Gasteiger partial charge >= 0.3 is 0 Å². The minimum absolute atomic E-state index is 0.0965. The van der Waals surface area contributed by atoms with Gasteiger partial charge in [0.1, 0.15) is 5.75 Å². The summed E-state index contributed by atoms with van der Waals surface area (Å²) in [4.78, 5) is 14.5. The monoisotopic (exact) mass is 360 g/mol. The van der Waals surface area contributed by atoms with Gasteiger partial charge in [-0.2, -0.15) is 0 Å². The first-order valence-corrected chi connectivity index (χ1v) is 8.46. The Morgan fingerprint density at radius 3 is 2.57 bits per heavy atom. The van der Waals surface area contributed by atoms with E-state index in [1.54, 1.807) is 17.0 Å². The maximum absolute atomic E-state index is 12.7. The van der Waals surface area contributed by atoms with E-state index in [1.165, 1.54) is 7.11 Å². The zero-order valence-corrected chi connectivity index (χ0v) is 14.7. The van der Waals surface area contributed by atoms with Crippen molar-refractivity contribution in [2.24, 2.45) is 5.73 Å². The highest BCUT2D eigenvalue weighted by atomic mass is 35.5. The minimum Gasteiger partial charge on any atom is -0.496 e. The highest BCUT2D eigenvalue weighted by molar-refractivity contribution is 6.42. The van der Waals surface area contributed by atoms with Crippen molar-refractivity contribution in [3.8, 4) is 5.75 Å². The molecule has 1 aromatic rings. The van der Waals surface area contributed by atoms with Crippen LogP contribution in [0, 0.1) is 0 Å². The van der Waals surface area contributed by atoms with Crippen molar-refractivity contribution < 1.29 is 14.3 Å². The first-order valence-electron chi connectivity index (χ1n) is 7.70. The third-order valence-electron chi connectivity index (χ3n) is 3.90. The second kappa shape index (κ2) is 8.73. The quantitative estimate of drug-likeness (QED) is 0.792. The fourth-order valence-corrected chi connectivity index (χ4v) is 2.91. The summed E-state index contributed by atoms with van der Waals surface area (Å²) < 4.78 is 11.0. The Morgan fingerprint density at radius 1 is 1.30 bits per heavy atom. The summed E-state index contributed by atoms with van der Waals surface area (Å²) in [6, 6.07) is 3.13. The van der Waals surface area contributed by atoms with Crippen LogP contribution in [0.25, 0.3) is 0 Å². The molecule has 23 heavy (non-hydrogen) atoms. The molecule has 1 heterocycles. The molecule has 1 aliphatic heterocycles. The third kappa shape index (κ3) is 4.73. The molecule has 1 fully saturated rings. The molecule has 1 aromatic carbocycles. The molecule has 1 amide bonds. The van der Waals surface area contributed by atoms with E-state index in [0.717, 1.165) is 19.3 Å². The maximum atomic E-state index is 12.7. The van der Waals surface area contributed by atoms with E-state index < -0.39 is 0 Å². The van der Waals surface area contributed by atoms with Crippen LogP contribution in [0.4, 0.5) is 0 Å². The van der Waals surface area contributed by atoms with Crippen molar-refractivity contribution in [3.05, 3.63) is 27.7 Å². The lowest BCUT2D eigenvalue weighted by molar-refractivity contribution is 0.00838. The van der Waals surface area contributed by atoms with Gasteiger partial charge in [-0.15, -0.1) is 0 Å². The number of carbonyl (C=O) groups is 1. The SMILES string of the molecule is COc1cc(Cl)c(Cl)cc1C(=O)N1CCC(OCCCN)CC1. The second-order valence-electron chi connectivity index (χ2n) is 5.47. The molecule has 0 aromatic heterocycles. The molecule has 128 valence electrons. The van der Waals surface area contributed by atoms with Crippen LogP contribution in [0.15, 0.2) is 12.1 Å². The van der Waals surface area contributed by atoms with Gasteiger partial charge in [0.25, 0.3) is 5.91 Å². The topological polar surface area (TPSA) is 64.8 Å². The summed E-state index contributed by atoms with van der Waals surface area (Å²) in [6.45, 7) is 2.61. The van der Waals surface area contributed by atoms with Gasteiger partial charge in [0.05, 0.1) is 28.8 Å². The Labute approximate surface area is 146 Å². The number of methoxy groups -OCH3 is 1. The molecule has 0 saturated carbocycles. The summed E-state index contributed by atoms with van der Waals surface area (Å²) in [6.07, 6.45) is 2.70. The van der Waals surface area contributed by atoms with Gasteiger partial charge in [0.15, 0.2) is 0 Å². The standard InChI is InChI=1S/C16H22Cl2N2O3/c1-22-15-10-14(18)13(17)9-12(15)16(21)20-6-3-11(4-7-20)23-8-2-5-19/h9-11H,2-8,19H2,1H3. The molecule has 0 atom stereocenters. The van der Waals surface area contributed by atoms with Crippen LogP contribution in [0.2, 0.25) is 10.0 Å². The van der Waals surface area contributed by atoms with E-state index in [4.69, 9.17) is 38.4 Å². The number of nitrogens with two attached hydrogens (primary N) is 1. The van der Waals surface area contributed by atoms with E-state index in [-0.39, 0.29) is 12.0 Å². The molecule has 7 heteroatoms. The number of hydrogen-bond donors (Lipinski definition) is 1.